The van der Waals surface area contributed by atoms with Crippen molar-refractivity contribution in [2.75, 3.05) is 26.7 Å². The molecule has 2 aromatic rings. The molecule has 2 aromatic carbocycles. The fraction of sp³-hybridized carbons (Fsp3) is 0.333. The highest BCUT2D eigenvalue weighted by molar-refractivity contribution is 5.94. The summed E-state index contributed by atoms with van der Waals surface area (Å²) in [6.07, 6.45) is 0.515. The topological polar surface area (TPSA) is 74.8 Å². The lowest BCUT2D eigenvalue weighted by Gasteiger charge is -2.18. The highest BCUT2D eigenvalue weighted by atomic mass is 19.1. The zero-order chi connectivity index (χ0) is 20.2. The first-order valence-electron chi connectivity index (χ1n) is 9.29. The number of benzene rings is 2. The molecule has 0 spiro atoms. The minimum Gasteiger partial charge on any atom is -0.486 e. The van der Waals surface area contributed by atoms with Gasteiger partial charge in [-0.25, -0.2) is 4.39 Å². The van der Waals surface area contributed by atoms with Gasteiger partial charge in [0.25, 0.3) is 5.91 Å². The van der Waals surface area contributed by atoms with Crippen LogP contribution in [-0.2, 0) is 0 Å². The second-order valence-electron chi connectivity index (χ2n) is 6.21. The Kier molecular flexibility index (Phi) is 8.78. The Bertz CT molecular complexity index is 768. The number of hydrogen-bond donors (Lipinski definition) is 3. The van der Waals surface area contributed by atoms with E-state index >= 15 is 0 Å². The molecule has 3 N–H and O–H groups in total. The largest absolute Gasteiger partial charge is 0.486 e. The third-order valence-corrected chi connectivity index (χ3v) is 3.91. The van der Waals surface area contributed by atoms with E-state index in [0.29, 0.717) is 31.2 Å². The van der Waals surface area contributed by atoms with Gasteiger partial charge in [-0.2, -0.15) is 0 Å². The predicted octanol–water partition coefficient (Wildman–Crippen LogP) is 2.58. The van der Waals surface area contributed by atoms with Crippen molar-refractivity contribution in [1.82, 2.24) is 16.0 Å². The number of amides is 1. The number of para-hydroxylation sites is 1. The van der Waals surface area contributed by atoms with Gasteiger partial charge in [-0.3, -0.25) is 9.79 Å². The summed E-state index contributed by atoms with van der Waals surface area (Å²) >= 11 is 0. The van der Waals surface area contributed by atoms with Crippen LogP contribution in [0.15, 0.2) is 59.6 Å². The van der Waals surface area contributed by atoms with Gasteiger partial charge in [-0.15, -0.1) is 0 Å². The third kappa shape index (κ3) is 7.26. The summed E-state index contributed by atoms with van der Waals surface area (Å²) in [6, 6.07) is 15.4. The Balaban J connectivity index is 1.62. The van der Waals surface area contributed by atoms with Gasteiger partial charge in [0.2, 0.25) is 0 Å². The van der Waals surface area contributed by atoms with E-state index in [1.54, 1.807) is 37.4 Å². The molecule has 2 rings (SSSR count). The van der Waals surface area contributed by atoms with E-state index in [9.17, 15) is 9.18 Å². The van der Waals surface area contributed by atoms with Crippen molar-refractivity contribution in [2.24, 2.45) is 4.99 Å². The molecular formula is C21H27FN4O2. The van der Waals surface area contributed by atoms with Crippen LogP contribution in [0.4, 0.5) is 4.39 Å². The lowest BCUT2D eigenvalue weighted by Crippen LogP contribution is -2.42. The molecule has 0 saturated carbocycles. The molecule has 0 aromatic heterocycles. The van der Waals surface area contributed by atoms with Gasteiger partial charge in [-0.1, -0.05) is 30.3 Å². The molecule has 0 heterocycles. The van der Waals surface area contributed by atoms with Gasteiger partial charge in [0.05, 0.1) is 6.54 Å². The van der Waals surface area contributed by atoms with E-state index in [1.807, 2.05) is 25.1 Å². The fourth-order valence-corrected chi connectivity index (χ4v) is 2.45. The summed E-state index contributed by atoms with van der Waals surface area (Å²) in [5.41, 5.74) is 0.650. The van der Waals surface area contributed by atoms with Crippen LogP contribution in [0.25, 0.3) is 0 Å². The van der Waals surface area contributed by atoms with E-state index in [-0.39, 0.29) is 23.6 Å². The Hall–Kier alpha value is -3.09. The number of aliphatic imine (C=N–C) groups is 1. The maximum Gasteiger partial charge on any atom is 0.251 e. The number of carbonyl (C=O) groups excluding carboxylic acids is 1. The molecule has 0 radical (unpaired) electrons. The quantitative estimate of drug-likeness (QED) is 0.352. The van der Waals surface area contributed by atoms with Crippen LogP contribution in [0.5, 0.6) is 5.75 Å². The van der Waals surface area contributed by atoms with E-state index in [0.717, 1.165) is 6.42 Å². The molecule has 6 nitrogen and oxygen atoms in total. The number of nitrogens with zero attached hydrogens (tertiary/aromatic N) is 1. The van der Waals surface area contributed by atoms with Crippen LogP contribution in [0, 0.1) is 5.82 Å². The SMILES string of the molecule is CN=C(NCCCNC(=O)c1ccccc1)NCC(C)Oc1ccccc1F. The molecule has 1 amide bonds. The van der Waals surface area contributed by atoms with E-state index < -0.39 is 0 Å². The van der Waals surface area contributed by atoms with E-state index in [2.05, 4.69) is 20.9 Å². The Morgan fingerprint density at radius 2 is 1.71 bits per heavy atom. The minimum absolute atomic E-state index is 0.0813. The Morgan fingerprint density at radius 1 is 1.04 bits per heavy atom. The molecule has 0 aliphatic heterocycles. The first-order valence-corrected chi connectivity index (χ1v) is 9.29. The first kappa shape index (κ1) is 21.2. The molecule has 0 aliphatic rings. The molecule has 7 heteroatoms. The van der Waals surface area contributed by atoms with Crippen LogP contribution in [-0.4, -0.2) is 44.7 Å². The minimum atomic E-state index is -0.380. The van der Waals surface area contributed by atoms with E-state index in [4.69, 9.17) is 4.74 Å². The number of guanidine groups is 1. The molecule has 0 bridgehead atoms. The smallest absolute Gasteiger partial charge is 0.251 e. The van der Waals surface area contributed by atoms with Gasteiger partial charge in [0.1, 0.15) is 6.10 Å². The summed E-state index contributed by atoms with van der Waals surface area (Å²) in [4.78, 5) is 16.1. The Morgan fingerprint density at radius 3 is 2.43 bits per heavy atom. The number of carbonyl (C=O) groups is 1. The van der Waals surface area contributed by atoms with Crippen LogP contribution in [0.2, 0.25) is 0 Å². The number of nitrogens with one attached hydrogen (secondary N) is 3. The second kappa shape index (κ2) is 11.6. The molecule has 0 fully saturated rings. The van der Waals surface area contributed by atoms with Crippen molar-refractivity contribution in [3.05, 3.63) is 66.0 Å². The highest BCUT2D eigenvalue weighted by Gasteiger charge is 2.09. The van der Waals surface area contributed by atoms with Crippen molar-refractivity contribution in [3.63, 3.8) is 0 Å². The number of ether oxygens (including phenoxy) is 1. The number of rotatable bonds is 9. The lowest BCUT2D eigenvalue weighted by atomic mass is 10.2. The summed E-state index contributed by atoms with van der Waals surface area (Å²) in [6.45, 7) is 3.53. The van der Waals surface area contributed by atoms with Crippen molar-refractivity contribution in [3.8, 4) is 5.75 Å². The molecule has 1 atom stereocenters. The average Bonchev–Trinajstić information content (AvgIpc) is 2.72. The van der Waals surface area contributed by atoms with Crippen molar-refractivity contribution in [2.45, 2.75) is 19.4 Å². The molecule has 1 unspecified atom stereocenters. The maximum atomic E-state index is 13.6. The molecule has 0 saturated heterocycles. The summed E-state index contributed by atoms with van der Waals surface area (Å²) < 4.78 is 19.2. The molecule has 0 aliphatic carbocycles. The molecule has 150 valence electrons. The first-order chi connectivity index (χ1) is 13.6. The number of halogens is 1. The van der Waals surface area contributed by atoms with Crippen LogP contribution in [0.3, 0.4) is 0 Å². The van der Waals surface area contributed by atoms with Crippen molar-refractivity contribution >= 4 is 11.9 Å². The average molecular weight is 386 g/mol. The number of hydrogen-bond acceptors (Lipinski definition) is 3. The fourth-order valence-electron chi connectivity index (χ4n) is 2.45. The third-order valence-electron chi connectivity index (χ3n) is 3.91. The molecular weight excluding hydrogens is 359 g/mol. The maximum absolute atomic E-state index is 13.6. The van der Waals surface area contributed by atoms with Crippen LogP contribution in [0.1, 0.15) is 23.7 Å². The van der Waals surface area contributed by atoms with Gasteiger partial charge in [0, 0.05) is 25.7 Å². The predicted molar refractivity (Wildman–Crippen MR) is 109 cm³/mol. The Labute approximate surface area is 165 Å². The monoisotopic (exact) mass is 386 g/mol. The van der Waals surface area contributed by atoms with Gasteiger partial charge >= 0.3 is 0 Å². The summed E-state index contributed by atoms with van der Waals surface area (Å²) in [5.74, 6) is 0.393. The summed E-state index contributed by atoms with van der Waals surface area (Å²) in [5, 5.41) is 9.19. The molecule has 28 heavy (non-hydrogen) atoms. The normalized spacial score (nSPS) is 12.2. The van der Waals surface area contributed by atoms with Crippen molar-refractivity contribution in [1.29, 1.82) is 0 Å². The second-order valence-corrected chi connectivity index (χ2v) is 6.21. The summed E-state index contributed by atoms with van der Waals surface area (Å²) in [7, 11) is 1.68. The van der Waals surface area contributed by atoms with Crippen LogP contribution < -0.4 is 20.7 Å². The lowest BCUT2D eigenvalue weighted by molar-refractivity contribution is 0.0953. The zero-order valence-electron chi connectivity index (χ0n) is 16.2. The standard InChI is InChI=1S/C21H27FN4O2/c1-16(28-19-12-7-6-11-18(19)22)15-26-21(23-2)25-14-8-13-24-20(27)17-9-4-3-5-10-17/h3-7,9-12,16H,8,13-15H2,1-2H3,(H,24,27)(H2,23,25,26). The van der Waals surface area contributed by atoms with Gasteiger partial charge < -0.3 is 20.7 Å². The zero-order valence-corrected chi connectivity index (χ0v) is 16.2. The van der Waals surface area contributed by atoms with Crippen molar-refractivity contribution < 1.29 is 13.9 Å². The van der Waals surface area contributed by atoms with E-state index in [1.165, 1.54) is 6.07 Å². The highest BCUT2D eigenvalue weighted by Crippen LogP contribution is 2.16. The van der Waals surface area contributed by atoms with Crippen LogP contribution >= 0.6 is 0 Å². The van der Waals surface area contributed by atoms with Gasteiger partial charge in [0.15, 0.2) is 17.5 Å². The van der Waals surface area contributed by atoms with Gasteiger partial charge in [-0.05, 0) is 37.6 Å².